The van der Waals surface area contributed by atoms with Gasteiger partial charge in [-0.3, -0.25) is 0 Å². The molecule has 0 saturated heterocycles. The molecule has 0 saturated carbocycles. The minimum absolute atomic E-state index is 0. The number of carboxylic acid groups (broad SMARTS) is 2. The molecule has 164 valence electrons. The van der Waals surface area contributed by atoms with Crippen molar-refractivity contribution >= 4 is 117 Å². The fourth-order valence-electron chi connectivity index (χ4n) is 1.66. The Balaban J connectivity index is -0.0000000747. The number of carbonyl (C=O) groups is 1. The molecule has 2 N–H and O–H groups in total. The van der Waals surface area contributed by atoms with Crippen LogP contribution >= 0.6 is 0 Å². The first-order chi connectivity index (χ1) is 14.2. The van der Waals surface area contributed by atoms with Crippen molar-refractivity contribution in [2.24, 2.45) is 0 Å². The van der Waals surface area contributed by atoms with E-state index >= 15 is 0 Å². The Morgan fingerprint density at radius 2 is 1.00 bits per heavy atom. The Morgan fingerprint density at radius 3 is 1.18 bits per heavy atom. The Hall–Kier alpha value is -0.205. The minimum Gasteiger partial charge on any atom is -0.872 e. The molecule has 0 heterocycles. The summed E-state index contributed by atoms with van der Waals surface area (Å²) >= 11 is 0. The Bertz CT molecular complexity index is 699. The van der Waals surface area contributed by atoms with E-state index < -0.39 is 6.16 Å². The van der Waals surface area contributed by atoms with Crippen molar-refractivity contribution < 1.29 is 72.3 Å². The van der Waals surface area contributed by atoms with E-state index in [0.717, 1.165) is 11.1 Å². The Kier molecular flexibility index (Phi) is 50.9. The first-order valence-electron chi connectivity index (χ1n) is 7.87. The summed E-state index contributed by atoms with van der Waals surface area (Å²) < 4.78 is 0. The summed E-state index contributed by atoms with van der Waals surface area (Å²) in [5.41, 5.74) is 1.63. The predicted molar refractivity (Wildman–Crippen MR) is 113 cm³/mol. The van der Waals surface area contributed by atoms with Crippen molar-refractivity contribution in [3.05, 3.63) is 85.0 Å². The van der Waals surface area contributed by atoms with Crippen molar-refractivity contribution in [3.8, 4) is 11.5 Å². The third kappa shape index (κ3) is 36.5. The molecule has 0 aliphatic heterocycles. The number of benzene rings is 2. The molecule has 0 aromatic heterocycles. The van der Waals surface area contributed by atoms with E-state index in [1.165, 1.54) is 0 Å². The van der Waals surface area contributed by atoms with Gasteiger partial charge in [0.1, 0.15) is 0 Å². The quantitative estimate of drug-likeness (QED) is 0.222. The van der Waals surface area contributed by atoms with Crippen LogP contribution in [0.2, 0.25) is 0 Å². The van der Waals surface area contributed by atoms with Crippen LogP contribution in [0.3, 0.4) is 0 Å². The van der Waals surface area contributed by atoms with Crippen LogP contribution in [-0.4, -0.2) is 127 Å². The number of hydrogen-bond acceptors (Lipinski definition) is 7. The van der Waals surface area contributed by atoms with Crippen molar-refractivity contribution in [2.75, 3.05) is 0 Å². The fourth-order valence-corrected chi connectivity index (χ4v) is 1.66. The summed E-state index contributed by atoms with van der Waals surface area (Å²) in [6.45, 7) is 8.12. The number of rotatable bonds is 4. The molecule has 2 aromatic carbocycles. The van der Waals surface area contributed by atoms with Crippen LogP contribution in [0.15, 0.2) is 73.8 Å². The molecule has 12 heteroatoms. The van der Waals surface area contributed by atoms with Crippen LogP contribution in [0.5, 0.6) is 11.5 Å². The van der Waals surface area contributed by atoms with E-state index in [1.807, 2.05) is 24.3 Å². The zero-order valence-corrected chi connectivity index (χ0v) is 30.9. The van der Waals surface area contributed by atoms with Crippen LogP contribution in [0.25, 0.3) is 0 Å². The fraction of sp³-hybridized carbons (Fsp3) is 0.0952. The monoisotopic (exact) mass is 806 g/mol. The second kappa shape index (κ2) is 36.4. The molecule has 33 heavy (non-hydrogen) atoms. The summed E-state index contributed by atoms with van der Waals surface area (Å²) in [6.07, 6.45) is 2.47. The van der Waals surface area contributed by atoms with Gasteiger partial charge in [0.25, 0.3) is 0 Å². The number of para-hydroxylation sites is 2. The van der Waals surface area contributed by atoms with Gasteiger partial charge in [-0.05, 0) is 19.0 Å². The first kappa shape index (κ1) is 46.2. The van der Waals surface area contributed by atoms with Crippen LogP contribution in [0, 0.1) is 0 Å². The molecule has 0 atom stereocenters. The normalized spacial score (nSPS) is 7.03. The third-order valence-corrected chi connectivity index (χ3v) is 2.67. The van der Waals surface area contributed by atoms with Gasteiger partial charge in [0.15, 0.2) is 0 Å². The second-order valence-electron chi connectivity index (χ2n) is 4.63. The molecule has 0 unspecified atom stereocenters. The SMILES string of the molecule is C=CCc1ccccc1[O-].C=CCc1ccccc1[O-].O=C([O-])[O-].O=[C-]O.O=[C-]O.[Ba+2].[Ba+2].[Cd+2]. The molecule has 2 rings (SSSR count). The van der Waals surface area contributed by atoms with Crippen LogP contribution in [0.1, 0.15) is 11.1 Å². The zero-order chi connectivity index (χ0) is 23.8. The molecule has 2 aromatic rings. The van der Waals surface area contributed by atoms with Gasteiger partial charge >= 0.3 is 125 Å². The molecule has 0 amide bonds. The van der Waals surface area contributed by atoms with Gasteiger partial charge in [0.2, 0.25) is 0 Å². The van der Waals surface area contributed by atoms with Gasteiger partial charge in [-0.2, -0.15) is 0 Å². The van der Waals surface area contributed by atoms with Crippen molar-refractivity contribution in [2.45, 2.75) is 12.8 Å². The topological polar surface area (TPSA) is 184 Å². The molecule has 0 radical (unpaired) electrons. The van der Waals surface area contributed by atoms with Crippen LogP contribution in [0.4, 0.5) is 4.79 Å². The minimum atomic E-state index is -2.33. The van der Waals surface area contributed by atoms with Gasteiger partial charge in [0.05, 0.1) is 0 Å². The molecular formula is C21H20Ba2CdO9. The molecule has 0 aliphatic carbocycles. The number of hydrogen-bond donors (Lipinski definition) is 2. The summed E-state index contributed by atoms with van der Waals surface area (Å²) in [7, 11) is 0. The van der Waals surface area contributed by atoms with Crippen LogP contribution < -0.4 is 20.4 Å². The molecule has 9 nitrogen and oxygen atoms in total. The number of allylic oxidation sites excluding steroid dienone is 2. The maximum Gasteiger partial charge on any atom is 2.00 e. The number of aliphatic hydroxyl groups excluding tert-OH is 2. The smallest absolute Gasteiger partial charge is 0.872 e. The van der Waals surface area contributed by atoms with Gasteiger partial charge in [0, 0.05) is 0 Å². The van der Waals surface area contributed by atoms with Gasteiger partial charge in [-0.15, -0.1) is 24.7 Å². The number of carbonyl (C=O) groups excluding carboxylic acids is 1. The Morgan fingerprint density at radius 1 is 0.788 bits per heavy atom. The standard InChI is InChI=1S/2C9H10O.CH2O3.2CHO2.2Ba.Cd/c2*1-2-5-8-6-3-4-7-9(8)10;2-1(3)4;2*2-1-3;;;/h2*2-4,6-7,10H,1,5H2;(H2,2,3,4);2*(H,2,3);;;/q;;;2*-1;3*+2/p-4. The molecule has 0 spiro atoms. The summed E-state index contributed by atoms with van der Waals surface area (Å²) in [6, 6.07) is 14.0. The van der Waals surface area contributed by atoms with E-state index in [9.17, 15) is 10.2 Å². The molecule has 0 fully saturated rings. The van der Waals surface area contributed by atoms with E-state index in [2.05, 4.69) is 13.2 Å². The van der Waals surface area contributed by atoms with E-state index in [4.69, 9.17) is 34.8 Å². The maximum absolute atomic E-state index is 11.0. The largest absolute Gasteiger partial charge is 2.00 e. The van der Waals surface area contributed by atoms with Gasteiger partial charge in [-0.25, -0.2) is 0 Å². The van der Waals surface area contributed by atoms with Crippen molar-refractivity contribution in [1.82, 2.24) is 0 Å². The van der Waals surface area contributed by atoms with Gasteiger partial charge < -0.3 is 45.0 Å². The zero-order valence-electron chi connectivity index (χ0n) is 18.0. The summed E-state index contributed by atoms with van der Waals surface area (Å²) in [5, 5.41) is 52.1. The van der Waals surface area contributed by atoms with Crippen molar-refractivity contribution in [3.63, 3.8) is 0 Å². The van der Waals surface area contributed by atoms with E-state index in [0.29, 0.717) is 25.8 Å². The van der Waals surface area contributed by atoms with E-state index in [-0.39, 0.29) is 137 Å². The molecular weight excluding hydrogens is 783 g/mol. The predicted octanol–water partition coefficient (Wildman–Crippen LogP) is -1.01. The summed E-state index contributed by atoms with van der Waals surface area (Å²) in [4.78, 5) is 24.8. The molecule has 0 bridgehead atoms. The van der Waals surface area contributed by atoms with Gasteiger partial charge in [-0.1, -0.05) is 84.8 Å². The average Bonchev–Trinajstić information content (AvgIpc) is 2.67. The average molecular weight is 803 g/mol. The van der Waals surface area contributed by atoms with E-state index in [1.54, 1.807) is 36.4 Å². The Labute approximate surface area is 293 Å². The van der Waals surface area contributed by atoms with Crippen LogP contribution in [-0.2, 0) is 49.7 Å². The van der Waals surface area contributed by atoms with Crippen molar-refractivity contribution in [1.29, 1.82) is 0 Å². The molecule has 0 aliphatic rings. The summed E-state index contributed by atoms with van der Waals surface area (Å²) in [5.74, 6) is 0.199. The third-order valence-electron chi connectivity index (χ3n) is 2.67. The second-order valence-corrected chi connectivity index (χ2v) is 4.63. The first-order valence-corrected chi connectivity index (χ1v) is 7.87. The maximum atomic E-state index is 11.0.